The molecule has 0 aromatic carbocycles. The van der Waals surface area contributed by atoms with Crippen LogP contribution in [0.15, 0.2) is 0 Å². The first-order valence-corrected chi connectivity index (χ1v) is 6.13. The molecule has 0 aromatic heterocycles. The Labute approximate surface area is 92.5 Å². The van der Waals surface area contributed by atoms with Crippen molar-refractivity contribution < 1.29 is 9.47 Å². The molecule has 2 aliphatic heterocycles. The van der Waals surface area contributed by atoms with Gasteiger partial charge in [-0.2, -0.15) is 0 Å². The number of rotatable bonds is 3. The minimum atomic E-state index is 0.123. The van der Waals surface area contributed by atoms with E-state index in [9.17, 15) is 0 Å². The van der Waals surface area contributed by atoms with Gasteiger partial charge in [0.2, 0.25) is 0 Å². The molecule has 0 bridgehead atoms. The van der Waals surface area contributed by atoms with Crippen molar-refractivity contribution in [2.24, 2.45) is 5.92 Å². The van der Waals surface area contributed by atoms with E-state index in [0.29, 0.717) is 12.0 Å². The number of hydrogen-bond acceptors (Lipinski definition) is 3. The molecule has 2 atom stereocenters. The Morgan fingerprint density at radius 1 is 1.40 bits per heavy atom. The van der Waals surface area contributed by atoms with E-state index in [4.69, 9.17) is 9.47 Å². The normalized spacial score (nSPS) is 35.6. The third-order valence-electron chi connectivity index (χ3n) is 4.12. The molecule has 0 radical (unpaired) electrons. The molecule has 0 amide bonds. The fourth-order valence-corrected chi connectivity index (χ4v) is 2.90. The summed E-state index contributed by atoms with van der Waals surface area (Å²) in [5, 5.41) is 3.40. The summed E-state index contributed by atoms with van der Waals surface area (Å²) in [7, 11) is 1.87. The second-order valence-electron chi connectivity index (χ2n) is 4.97. The third kappa shape index (κ3) is 2.52. The second kappa shape index (κ2) is 4.81. The molecule has 3 nitrogen and oxygen atoms in total. The molecular formula is C12H23NO2. The standard InChI is InChI=1S/C12H23NO2/c1-10-11(3-8-15-10)9-12(14-2)4-6-13-7-5-12/h10-11,13H,3-9H2,1-2H3. The van der Waals surface area contributed by atoms with E-state index in [2.05, 4.69) is 12.2 Å². The molecule has 0 aromatic rings. The summed E-state index contributed by atoms with van der Waals surface area (Å²) < 4.78 is 11.4. The highest BCUT2D eigenvalue weighted by Crippen LogP contribution is 2.35. The SMILES string of the molecule is COC1(CC2CCOC2C)CCNCC1. The van der Waals surface area contributed by atoms with Gasteiger partial charge in [-0.3, -0.25) is 0 Å². The predicted molar refractivity (Wildman–Crippen MR) is 60.0 cm³/mol. The molecule has 15 heavy (non-hydrogen) atoms. The number of piperidine rings is 1. The highest BCUT2D eigenvalue weighted by Gasteiger charge is 2.37. The van der Waals surface area contributed by atoms with Crippen molar-refractivity contribution in [3.05, 3.63) is 0 Å². The summed E-state index contributed by atoms with van der Waals surface area (Å²) in [6.45, 7) is 5.32. The van der Waals surface area contributed by atoms with E-state index in [0.717, 1.165) is 32.5 Å². The van der Waals surface area contributed by atoms with Crippen LogP contribution in [0.25, 0.3) is 0 Å². The fourth-order valence-electron chi connectivity index (χ4n) is 2.90. The molecule has 88 valence electrons. The van der Waals surface area contributed by atoms with Gasteiger partial charge in [-0.05, 0) is 51.6 Å². The number of methoxy groups -OCH3 is 1. The van der Waals surface area contributed by atoms with Gasteiger partial charge in [0.25, 0.3) is 0 Å². The minimum Gasteiger partial charge on any atom is -0.378 e. The van der Waals surface area contributed by atoms with Crippen LogP contribution in [0, 0.1) is 5.92 Å². The average Bonchev–Trinajstić information content (AvgIpc) is 2.66. The Bertz CT molecular complexity index is 202. The van der Waals surface area contributed by atoms with Gasteiger partial charge in [0, 0.05) is 13.7 Å². The van der Waals surface area contributed by atoms with Crippen molar-refractivity contribution in [1.29, 1.82) is 0 Å². The van der Waals surface area contributed by atoms with Crippen LogP contribution < -0.4 is 5.32 Å². The van der Waals surface area contributed by atoms with Gasteiger partial charge < -0.3 is 14.8 Å². The summed E-state index contributed by atoms with van der Waals surface area (Å²) in [5.41, 5.74) is 0.123. The van der Waals surface area contributed by atoms with Crippen molar-refractivity contribution in [2.75, 3.05) is 26.8 Å². The maximum Gasteiger partial charge on any atom is 0.0706 e. The molecule has 0 spiro atoms. The molecule has 2 unspecified atom stereocenters. The van der Waals surface area contributed by atoms with Crippen LogP contribution in [0.4, 0.5) is 0 Å². The average molecular weight is 213 g/mol. The Kier molecular flexibility index (Phi) is 3.65. The van der Waals surface area contributed by atoms with Crippen molar-refractivity contribution >= 4 is 0 Å². The van der Waals surface area contributed by atoms with E-state index in [-0.39, 0.29) is 5.60 Å². The van der Waals surface area contributed by atoms with E-state index >= 15 is 0 Å². The van der Waals surface area contributed by atoms with Gasteiger partial charge in [-0.15, -0.1) is 0 Å². The van der Waals surface area contributed by atoms with Crippen molar-refractivity contribution in [2.45, 2.75) is 44.3 Å². The molecule has 1 N–H and O–H groups in total. The van der Waals surface area contributed by atoms with Crippen molar-refractivity contribution in [1.82, 2.24) is 5.32 Å². The zero-order chi connectivity index (χ0) is 10.7. The summed E-state index contributed by atoms with van der Waals surface area (Å²) in [5.74, 6) is 0.697. The lowest BCUT2D eigenvalue weighted by Crippen LogP contribution is -2.45. The Morgan fingerprint density at radius 3 is 2.67 bits per heavy atom. The maximum absolute atomic E-state index is 5.79. The van der Waals surface area contributed by atoms with Crippen molar-refractivity contribution in [3.63, 3.8) is 0 Å². The van der Waals surface area contributed by atoms with Gasteiger partial charge in [0.05, 0.1) is 11.7 Å². The van der Waals surface area contributed by atoms with Gasteiger partial charge in [0.15, 0.2) is 0 Å². The third-order valence-corrected chi connectivity index (χ3v) is 4.12. The van der Waals surface area contributed by atoms with Crippen LogP contribution >= 0.6 is 0 Å². The second-order valence-corrected chi connectivity index (χ2v) is 4.97. The lowest BCUT2D eigenvalue weighted by molar-refractivity contribution is -0.0573. The summed E-state index contributed by atoms with van der Waals surface area (Å²) >= 11 is 0. The zero-order valence-corrected chi connectivity index (χ0v) is 9.92. The molecule has 2 rings (SSSR count). The molecule has 0 aliphatic carbocycles. The van der Waals surface area contributed by atoms with Crippen LogP contribution in [-0.2, 0) is 9.47 Å². The van der Waals surface area contributed by atoms with Gasteiger partial charge >= 0.3 is 0 Å². The lowest BCUT2D eigenvalue weighted by Gasteiger charge is -2.38. The smallest absolute Gasteiger partial charge is 0.0706 e. The van der Waals surface area contributed by atoms with Gasteiger partial charge in [-0.1, -0.05) is 0 Å². The molecule has 3 heteroatoms. The lowest BCUT2D eigenvalue weighted by atomic mass is 9.81. The predicted octanol–water partition coefficient (Wildman–Crippen LogP) is 1.57. The monoisotopic (exact) mass is 213 g/mol. The molecule has 0 saturated carbocycles. The molecule has 2 heterocycles. The molecule has 2 saturated heterocycles. The van der Waals surface area contributed by atoms with Crippen LogP contribution in [0.1, 0.15) is 32.6 Å². The van der Waals surface area contributed by atoms with Gasteiger partial charge in [-0.25, -0.2) is 0 Å². The van der Waals surface area contributed by atoms with Crippen LogP contribution in [-0.4, -0.2) is 38.5 Å². The highest BCUT2D eigenvalue weighted by molar-refractivity contribution is 4.90. The molecule has 2 aliphatic rings. The summed E-state index contributed by atoms with van der Waals surface area (Å²) in [6.07, 6.45) is 5.10. The molecule has 2 fully saturated rings. The minimum absolute atomic E-state index is 0.123. The van der Waals surface area contributed by atoms with Crippen molar-refractivity contribution in [3.8, 4) is 0 Å². The van der Waals surface area contributed by atoms with Crippen LogP contribution in [0.3, 0.4) is 0 Å². The zero-order valence-electron chi connectivity index (χ0n) is 9.92. The Balaban J connectivity index is 1.94. The van der Waals surface area contributed by atoms with E-state index in [1.54, 1.807) is 0 Å². The highest BCUT2D eigenvalue weighted by atomic mass is 16.5. The van der Waals surface area contributed by atoms with E-state index < -0.39 is 0 Å². The topological polar surface area (TPSA) is 30.5 Å². The summed E-state index contributed by atoms with van der Waals surface area (Å²) in [6, 6.07) is 0. The quantitative estimate of drug-likeness (QED) is 0.772. The molecular weight excluding hydrogens is 190 g/mol. The fraction of sp³-hybridized carbons (Fsp3) is 1.00. The first-order valence-electron chi connectivity index (χ1n) is 6.13. The summed E-state index contributed by atoms with van der Waals surface area (Å²) in [4.78, 5) is 0. The van der Waals surface area contributed by atoms with Crippen LogP contribution in [0.5, 0.6) is 0 Å². The number of nitrogens with one attached hydrogen (secondary N) is 1. The Morgan fingerprint density at radius 2 is 2.13 bits per heavy atom. The van der Waals surface area contributed by atoms with Crippen LogP contribution in [0.2, 0.25) is 0 Å². The number of hydrogen-bond donors (Lipinski definition) is 1. The Hall–Kier alpha value is -0.120. The first-order chi connectivity index (χ1) is 7.26. The van der Waals surface area contributed by atoms with E-state index in [1.807, 2.05) is 7.11 Å². The largest absolute Gasteiger partial charge is 0.378 e. The first kappa shape index (κ1) is 11.4. The van der Waals surface area contributed by atoms with E-state index in [1.165, 1.54) is 12.8 Å². The van der Waals surface area contributed by atoms with Gasteiger partial charge in [0.1, 0.15) is 0 Å². The maximum atomic E-state index is 5.79. The number of ether oxygens (including phenoxy) is 2.